The van der Waals surface area contributed by atoms with Crippen LogP contribution in [-0.4, -0.2) is 46.5 Å². The first-order valence-electron chi connectivity index (χ1n) is 7.20. The van der Waals surface area contributed by atoms with E-state index in [9.17, 15) is 9.59 Å². The third kappa shape index (κ3) is 2.10. The second-order valence-corrected chi connectivity index (χ2v) is 6.37. The van der Waals surface area contributed by atoms with Crippen LogP contribution in [0.4, 0.5) is 4.79 Å². The van der Waals surface area contributed by atoms with Gasteiger partial charge in [-0.05, 0) is 24.8 Å². The number of aromatic nitrogens is 2. The van der Waals surface area contributed by atoms with E-state index in [-0.39, 0.29) is 18.5 Å². The van der Waals surface area contributed by atoms with Gasteiger partial charge < -0.3 is 10.1 Å². The molecule has 0 aromatic carbocycles. The minimum Gasteiger partial charge on any atom is -0.467 e. The summed E-state index contributed by atoms with van der Waals surface area (Å²) in [5.74, 6) is 0.0889. The Kier molecular flexibility index (Phi) is 3.18. The lowest BCUT2D eigenvalue weighted by molar-refractivity contribution is -0.129. The molecule has 3 amide bonds. The highest BCUT2D eigenvalue weighted by Crippen LogP contribution is 2.39. The van der Waals surface area contributed by atoms with Gasteiger partial charge >= 0.3 is 6.03 Å². The normalized spacial score (nSPS) is 16.9. The number of nitrogens with one attached hydrogen (secondary N) is 1. The van der Waals surface area contributed by atoms with E-state index in [1.54, 1.807) is 11.3 Å². The van der Waals surface area contributed by atoms with E-state index in [2.05, 4.69) is 15.3 Å². The van der Waals surface area contributed by atoms with Crippen LogP contribution >= 0.6 is 11.3 Å². The molecule has 0 radical (unpaired) electrons. The maximum absolute atomic E-state index is 12.0. The average molecular weight is 318 g/mol. The number of ether oxygens (including phenoxy) is 1. The highest BCUT2D eigenvalue weighted by atomic mass is 32.1. The van der Waals surface area contributed by atoms with Crippen LogP contribution in [-0.2, 0) is 17.6 Å². The monoisotopic (exact) mass is 318 g/mol. The number of carbonyl (C=O) groups is 2. The summed E-state index contributed by atoms with van der Waals surface area (Å²) in [5.41, 5.74) is 1.25. The van der Waals surface area contributed by atoms with E-state index in [1.165, 1.54) is 16.8 Å². The Morgan fingerprint density at radius 3 is 3.14 bits per heavy atom. The van der Waals surface area contributed by atoms with Crippen LogP contribution in [0.25, 0.3) is 10.2 Å². The Morgan fingerprint density at radius 1 is 1.41 bits per heavy atom. The van der Waals surface area contributed by atoms with Crippen LogP contribution in [0.15, 0.2) is 6.33 Å². The molecule has 1 saturated heterocycles. The van der Waals surface area contributed by atoms with Gasteiger partial charge in [0.15, 0.2) is 6.61 Å². The van der Waals surface area contributed by atoms with Gasteiger partial charge in [0, 0.05) is 18.0 Å². The van der Waals surface area contributed by atoms with Crippen LogP contribution in [0.1, 0.15) is 16.9 Å². The number of hydrogen-bond acceptors (Lipinski definition) is 6. The number of amides is 3. The highest BCUT2D eigenvalue weighted by molar-refractivity contribution is 7.18. The van der Waals surface area contributed by atoms with Crippen molar-refractivity contribution in [1.82, 2.24) is 20.2 Å². The summed E-state index contributed by atoms with van der Waals surface area (Å²) in [6.45, 7) is 0.679. The molecule has 3 heterocycles. The number of thiophene rings is 1. The maximum Gasteiger partial charge on any atom is 0.324 e. The van der Waals surface area contributed by atoms with Crippen molar-refractivity contribution >= 4 is 33.5 Å². The number of carbonyl (C=O) groups excluding carboxylic acids is 2. The fraction of sp³-hybridized carbons (Fsp3) is 0.429. The lowest BCUT2D eigenvalue weighted by Crippen LogP contribution is -2.37. The SMILES string of the molecule is O=C(COc1ncnc2sc3c(c12)CCC3)N1CCNC1=O. The zero-order valence-corrected chi connectivity index (χ0v) is 12.6. The Hall–Kier alpha value is -2.22. The zero-order chi connectivity index (χ0) is 15.1. The summed E-state index contributed by atoms with van der Waals surface area (Å²) in [5, 5.41) is 3.52. The molecule has 0 spiro atoms. The fourth-order valence-corrected chi connectivity index (χ4v) is 4.15. The van der Waals surface area contributed by atoms with Crippen molar-refractivity contribution < 1.29 is 14.3 Å². The van der Waals surface area contributed by atoms with Crippen molar-refractivity contribution in [3.05, 3.63) is 16.8 Å². The molecule has 0 saturated carbocycles. The number of fused-ring (bicyclic) bond motifs is 3. The van der Waals surface area contributed by atoms with Gasteiger partial charge in [-0.1, -0.05) is 0 Å². The Labute approximate surface area is 130 Å². The van der Waals surface area contributed by atoms with Gasteiger partial charge in [0.1, 0.15) is 11.2 Å². The minimum absolute atomic E-state index is 0.190. The van der Waals surface area contributed by atoms with Crippen molar-refractivity contribution in [2.24, 2.45) is 0 Å². The zero-order valence-electron chi connectivity index (χ0n) is 11.8. The minimum atomic E-state index is -0.363. The average Bonchev–Trinajstić information content (AvgIpc) is 3.19. The van der Waals surface area contributed by atoms with E-state index in [1.807, 2.05) is 0 Å². The molecule has 0 unspecified atom stereocenters. The van der Waals surface area contributed by atoms with Crippen molar-refractivity contribution in [3.8, 4) is 5.88 Å². The predicted octanol–water partition coefficient (Wildman–Crippen LogP) is 1.11. The molecule has 2 aliphatic rings. The third-order valence-electron chi connectivity index (χ3n) is 3.96. The third-order valence-corrected chi connectivity index (χ3v) is 5.16. The number of hydrogen-bond donors (Lipinski definition) is 1. The molecule has 1 fully saturated rings. The first-order chi connectivity index (χ1) is 10.7. The Bertz CT molecular complexity index is 773. The molecule has 2 aromatic heterocycles. The molecule has 4 rings (SSSR count). The highest BCUT2D eigenvalue weighted by Gasteiger charge is 2.27. The largest absolute Gasteiger partial charge is 0.467 e. The molecule has 1 N–H and O–H groups in total. The fourth-order valence-electron chi connectivity index (χ4n) is 2.93. The van der Waals surface area contributed by atoms with E-state index in [4.69, 9.17) is 4.74 Å². The molecular weight excluding hydrogens is 304 g/mol. The van der Waals surface area contributed by atoms with Crippen LogP contribution < -0.4 is 10.1 Å². The summed E-state index contributed by atoms with van der Waals surface area (Å²) >= 11 is 1.67. The standard InChI is InChI=1S/C14H14N4O3S/c19-10(18-5-4-15-14(18)20)6-21-12-11-8-2-1-3-9(8)22-13(11)17-7-16-12/h7H,1-6H2,(H,15,20). The van der Waals surface area contributed by atoms with E-state index in [0.717, 1.165) is 34.4 Å². The van der Waals surface area contributed by atoms with Gasteiger partial charge in [-0.25, -0.2) is 14.8 Å². The van der Waals surface area contributed by atoms with Crippen LogP contribution in [0.5, 0.6) is 5.88 Å². The first kappa shape index (κ1) is 13.4. The quantitative estimate of drug-likeness (QED) is 0.916. The number of aryl methyl sites for hydroxylation is 2. The molecule has 1 aliphatic carbocycles. The van der Waals surface area contributed by atoms with Crippen molar-refractivity contribution in [3.63, 3.8) is 0 Å². The second kappa shape index (κ2) is 5.20. The van der Waals surface area contributed by atoms with Gasteiger partial charge in [0.25, 0.3) is 5.91 Å². The number of urea groups is 1. The number of nitrogens with zero attached hydrogens (tertiary/aromatic N) is 3. The lowest BCUT2D eigenvalue weighted by atomic mass is 10.2. The topological polar surface area (TPSA) is 84.4 Å². The molecule has 0 atom stereocenters. The van der Waals surface area contributed by atoms with Crippen LogP contribution in [0, 0.1) is 0 Å². The van der Waals surface area contributed by atoms with Gasteiger partial charge in [0.05, 0.1) is 5.39 Å². The smallest absolute Gasteiger partial charge is 0.324 e. The van der Waals surface area contributed by atoms with Crippen molar-refractivity contribution in [2.75, 3.05) is 19.7 Å². The summed E-state index contributed by atoms with van der Waals surface area (Å²) in [7, 11) is 0. The van der Waals surface area contributed by atoms with Gasteiger partial charge in [-0.15, -0.1) is 11.3 Å². The predicted molar refractivity (Wildman–Crippen MR) is 80.0 cm³/mol. The number of rotatable bonds is 3. The Morgan fingerprint density at radius 2 is 2.32 bits per heavy atom. The summed E-state index contributed by atoms with van der Waals surface area (Å²) in [6, 6.07) is -0.363. The lowest BCUT2D eigenvalue weighted by Gasteiger charge is -2.12. The molecule has 1 aliphatic heterocycles. The molecule has 0 bridgehead atoms. The molecule has 8 heteroatoms. The molecule has 22 heavy (non-hydrogen) atoms. The number of imide groups is 1. The van der Waals surface area contributed by atoms with Crippen LogP contribution in [0.2, 0.25) is 0 Å². The molecular formula is C14H14N4O3S. The van der Waals surface area contributed by atoms with Gasteiger partial charge in [-0.2, -0.15) is 0 Å². The first-order valence-corrected chi connectivity index (χ1v) is 8.02. The Balaban J connectivity index is 1.57. The van der Waals surface area contributed by atoms with E-state index < -0.39 is 0 Å². The summed E-state index contributed by atoms with van der Waals surface area (Å²) in [6.07, 6.45) is 4.67. The molecule has 7 nitrogen and oxygen atoms in total. The van der Waals surface area contributed by atoms with Gasteiger partial charge in [0.2, 0.25) is 5.88 Å². The molecule has 114 valence electrons. The van der Waals surface area contributed by atoms with Crippen molar-refractivity contribution in [1.29, 1.82) is 0 Å². The second-order valence-electron chi connectivity index (χ2n) is 5.28. The van der Waals surface area contributed by atoms with E-state index in [0.29, 0.717) is 19.0 Å². The van der Waals surface area contributed by atoms with E-state index >= 15 is 0 Å². The summed E-state index contributed by atoms with van der Waals surface area (Å²) in [4.78, 5) is 35.4. The maximum atomic E-state index is 12.0. The summed E-state index contributed by atoms with van der Waals surface area (Å²) < 4.78 is 5.61. The van der Waals surface area contributed by atoms with Crippen LogP contribution in [0.3, 0.4) is 0 Å². The van der Waals surface area contributed by atoms with Crippen molar-refractivity contribution in [2.45, 2.75) is 19.3 Å². The van der Waals surface area contributed by atoms with Gasteiger partial charge in [-0.3, -0.25) is 9.69 Å². The molecule has 2 aromatic rings.